The van der Waals surface area contributed by atoms with Crippen LogP contribution >= 0.6 is 0 Å². The van der Waals surface area contributed by atoms with E-state index in [0.717, 1.165) is 109 Å². The Hall–Kier alpha value is -3.41. The molecule has 0 fully saturated rings. The topological polar surface area (TPSA) is 78.9 Å². The number of esters is 3. The van der Waals surface area contributed by atoms with Gasteiger partial charge in [-0.3, -0.25) is 14.4 Å². The molecule has 0 saturated carbocycles. The molecule has 0 N–H and O–H groups in total. The van der Waals surface area contributed by atoms with Gasteiger partial charge in [0.05, 0.1) is 0 Å². The molecule has 0 aliphatic rings. The fourth-order valence-corrected chi connectivity index (χ4v) is 9.93. The van der Waals surface area contributed by atoms with E-state index in [1.807, 2.05) is 0 Å². The van der Waals surface area contributed by atoms with Gasteiger partial charge in [-0.15, -0.1) is 0 Å². The van der Waals surface area contributed by atoms with Gasteiger partial charge < -0.3 is 14.2 Å². The third kappa shape index (κ3) is 65.4. The van der Waals surface area contributed by atoms with E-state index in [1.165, 1.54) is 199 Å². The van der Waals surface area contributed by atoms with Gasteiger partial charge in [-0.2, -0.15) is 0 Å². The van der Waals surface area contributed by atoms with Gasteiger partial charge in [0.1, 0.15) is 13.2 Å². The zero-order valence-electron chi connectivity index (χ0n) is 53.1. The second kappa shape index (κ2) is 68.1. The maximum atomic E-state index is 12.9. The van der Waals surface area contributed by atoms with Crippen molar-refractivity contribution in [2.75, 3.05) is 13.2 Å². The first-order valence-electron chi connectivity index (χ1n) is 34.6. The summed E-state index contributed by atoms with van der Waals surface area (Å²) in [5.74, 6) is -0.889. The number of carbonyl (C=O) groups excluding carboxylic acids is 3. The molecule has 6 nitrogen and oxygen atoms in total. The molecule has 0 aromatic heterocycles. The van der Waals surface area contributed by atoms with Crippen molar-refractivity contribution < 1.29 is 28.6 Å². The van der Waals surface area contributed by atoms with Crippen LogP contribution in [0.25, 0.3) is 0 Å². The average molecular weight is 1120 g/mol. The van der Waals surface area contributed by atoms with E-state index in [2.05, 4.69) is 106 Å². The Morgan fingerprint density at radius 1 is 0.263 bits per heavy atom. The van der Waals surface area contributed by atoms with Crippen LogP contribution in [-0.4, -0.2) is 37.2 Å². The molecule has 0 aromatic rings. The molecule has 0 rings (SSSR count). The van der Waals surface area contributed by atoms with Crippen LogP contribution in [0.4, 0.5) is 0 Å². The molecule has 0 radical (unpaired) electrons. The van der Waals surface area contributed by atoms with Crippen molar-refractivity contribution in [3.63, 3.8) is 0 Å². The molecule has 0 heterocycles. The fourth-order valence-electron chi connectivity index (χ4n) is 9.93. The van der Waals surface area contributed by atoms with E-state index in [1.54, 1.807) is 0 Å². The first-order valence-corrected chi connectivity index (χ1v) is 34.6. The predicted octanol–water partition coefficient (Wildman–Crippen LogP) is 23.8. The lowest BCUT2D eigenvalue weighted by molar-refractivity contribution is -0.167. The molecule has 0 saturated heterocycles. The Morgan fingerprint density at radius 2 is 0.487 bits per heavy atom. The molecular formula is C74H130O6. The number of hydrogen-bond donors (Lipinski definition) is 0. The highest BCUT2D eigenvalue weighted by Crippen LogP contribution is 2.17. The van der Waals surface area contributed by atoms with E-state index in [9.17, 15) is 14.4 Å². The van der Waals surface area contributed by atoms with Crippen LogP contribution in [0.2, 0.25) is 0 Å². The number of ether oxygens (including phenoxy) is 3. The molecule has 0 amide bonds. The summed E-state index contributed by atoms with van der Waals surface area (Å²) < 4.78 is 17.0. The number of rotatable bonds is 63. The summed E-state index contributed by atoms with van der Waals surface area (Å²) in [4.78, 5) is 38.4. The van der Waals surface area contributed by atoms with E-state index in [-0.39, 0.29) is 31.1 Å². The summed E-state index contributed by atoms with van der Waals surface area (Å²) in [6.45, 7) is 6.54. The quantitative estimate of drug-likeness (QED) is 0.0261. The van der Waals surface area contributed by atoms with Gasteiger partial charge in [0, 0.05) is 19.3 Å². The highest BCUT2D eigenvalue weighted by molar-refractivity contribution is 5.71. The number of hydrogen-bond acceptors (Lipinski definition) is 6. The molecule has 0 bridgehead atoms. The van der Waals surface area contributed by atoms with Crippen molar-refractivity contribution in [1.29, 1.82) is 0 Å². The summed E-state index contributed by atoms with van der Waals surface area (Å²) in [6, 6.07) is 0. The SMILES string of the molecule is CC/C=C\C/C=C\C/C=C\C/C=C\CCCCCCCCCCC(=O)OC(COC(=O)CCCCCCC/C=C\C/C=C\CCCCCC)COC(=O)CCCCCCCCCCCCCCC/C=C\CCCCCCCCCC. The van der Waals surface area contributed by atoms with Gasteiger partial charge in [0.25, 0.3) is 0 Å². The van der Waals surface area contributed by atoms with Crippen LogP contribution in [-0.2, 0) is 28.6 Å². The minimum atomic E-state index is -0.789. The molecule has 6 heteroatoms. The van der Waals surface area contributed by atoms with Gasteiger partial charge in [0.15, 0.2) is 6.10 Å². The molecule has 0 aliphatic carbocycles. The maximum Gasteiger partial charge on any atom is 0.306 e. The molecule has 0 aliphatic heterocycles. The third-order valence-corrected chi connectivity index (χ3v) is 15.1. The molecule has 0 aromatic carbocycles. The second-order valence-corrected chi connectivity index (χ2v) is 23.1. The van der Waals surface area contributed by atoms with E-state index in [4.69, 9.17) is 14.2 Å². The van der Waals surface area contributed by atoms with Gasteiger partial charge in [-0.1, -0.05) is 298 Å². The van der Waals surface area contributed by atoms with E-state index >= 15 is 0 Å². The van der Waals surface area contributed by atoms with Crippen LogP contribution in [0, 0.1) is 0 Å². The number of allylic oxidation sites excluding steroid dienone is 14. The van der Waals surface area contributed by atoms with Gasteiger partial charge in [0.2, 0.25) is 0 Å². The number of unbranched alkanes of at least 4 members (excludes halogenated alkanes) is 38. The van der Waals surface area contributed by atoms with Crippen molar-refractivity contribution in [2.45, 2.75) is 354 Å². The Morgan fingerprint density at radius 3 is 0.787 bits per heavy atom. The molecule has 1 unspecified atom stereocenters. The Kier molecular flexibility index (Phi) is 65.2. The van der Waals surface area contributed by atoms with Crippen molar-refractivity contribution in [3.8, 4) is 0 Å². The summed E-state index contributed by atoms with van der Waals surface area (Å²) in [5.41, 5.74) is 0. The second-order valence-electron chi connectivity index (χ2n) is 23.1. The first kappa shape index (κ1) is 76.6. The lowest BCUT2D eigenvalue weighted by atomic mass is 10.0. The van der Waals surface area contributed by atoms with Crippen LogP contribution in [0.15, 0.2) is 85.1 Å². The van der Waals surface area contributed by atoms with Crippen molar-refractivity contribution in [1.82, 2.24) is 0 Å². The lowest BCUT2D eigenvalue weighted by Gasteiger charge is -2.18. The minimum Gasteiger partial charge on any atom is -0.462 e. The largest absolute Gasteiger partial charge is 0.462 e. The molecule has 80 heavy (non-hydrogen) atoms. The predicted molar refractivity (Wildman–Crippen MR) is 348 cm³/mol. The summed E-state index contributed by atoms with van der Waals surface area (Å²) in [6.07, 6.45) is 90.3. The van der Waals surface area contributed by atoms with Gasteiger partial charge in [-0.25, -0.2) is 0 Å². The standard InChI is InChI=1S/C74H130O6/c1-4-7-10-13-16-19-22-25-28-31-33-35-36-37-38-40-41-43-46-49-52-55-58-61-64-67-73(76)79-70-71(69-78-72(75)66-63-60-57-54-51-48-45-30-27-24-21-18-15-12-9-6-3)80-74(77)68-65-62-59-56-53-50-47-44-42-39-34-32-29-26-23-20-17-14-11-8-5-2/h8,11,17,20-21,24,26,29-31,33-34,39,45,71H,4-7,9-10,12-16,18-19,22-23,25,27-28,32,35-38,40-44,46-70H2,1-3H3/b11-8-,20-17-,24-21-,29-26-,33-31-,39-34-,45-30-. The smallest absolute Gasteiger partial charge is 0.306 e. The van der Waals surface area contributed by atoms with Gasteiger partial charge in [-0.05, 0) is 116 Å². The Labute approximate surface area is 496 Å². The van der Waals surface area contributed by atoms with Crippen LogP contribution in [0.1, 0.15) is 348 Å². The van der Waals surface area contributed by atoms with E-state index in [0.29, 0.717) is 19.3 Å². The first-order chi connectivity index (χ1) is 39.5. The monoisotopic (exact) mass is 1110 g/mol. The van der Waals surface area contributed by atoms with Crippen LogP contribution < -0.4 is 0 Å². The normalized spacial score (nSPS) is 12.6. The van der Waals surface area contributed by atoms with Crippen molar-refractivity contribution in [2.24, 2.45) is 0 Å². The third-order valence-electron chi connectivity index (χ3n) is 15.1. The summed E-state index contributed by atoms with van der Waals surface area (Å²) >= 11 is 0. The zero-order valence-corrected chi connectivity index (χ0v) is 53.1. The van der Waals surface area contributed by atoms with Crippen molar-refractivity contribution >= 4 is 17.9 Å². The molecule has 1 atom stereocenters. The summed E-state index contributed by atoms with van der Waals surface area (Å²) in [5, 5.41) is 0. The summed E-state index contributed by atoms with van der Waals surface area (Å²) in [7, 11) is 0. The average Bonchev–Trinajstić information content (AvgIpc) is 3.46. The molecular weight excluding hydrogens is 985 g/mol. The molecule has 462 valence electrons. The highest BCUT2D eigenvalue weighted by Gasteiger charge is 2.19. The fraction of sp³-hybridized carbons (Fsp3) is 0.770. The van der Waals surface area contributed by atoms with Gasteiger partial charge >= 0.3 is 17.9 Å². The number of carbonyl (C=O) groups is 3. The highest BCUT2D eigenvalue weighted by atomic mass is 16.6. The lowest BCUT2D eigenvalue weighted by Crippen LogP contribution is -2.30. The van der Waals surface area contributed by atoms with E-state index < -0.39 is 6.10 Å². The Balaban J connectivity index is 4.35. The van der Waals surface area contributed by atoms with Crippen LogP contribution in [0.5, 0.6) is 0 Å². The Bertz CT molecular complexity index is 1520. The minimum absolute atomic E-state index is 0.0826. The van der Waals surface area contributed by atoms with Crippen molar-refractivity contribution in [3.05, 3.63) is 85.1 Å². The molecule has 0 spiro atoms. The van der Waals surface area contributed by atoms with Crippen LogP contribution in [0.3, 0.4) is 0 Å². The zero-order chi connectivity index (χ0) is 57.8. The maximum absolute atomic E-state index is 12.9.